The number of aliphatic hydroxyl groups excluding tert-OH is 4. The number of cyclic esters (lactones) is 3. The van der Waals surface area contributed by atoms with E-state index in [1.807, 2.05) is 0 Å². The highest BCUT2D eigenvalue weighted by atomic mass is 16.5. The number of ketones is 1. The predicted octanol–water partition coefficient (Wildman–Crippen LogP) is -1.50. The lowest BCUT2D eigenvalue weighted by Crippen LogP contribution is -2.07. The van der Waals surface area contributed by atoms with Crippen molar-refractivity contribution in [1.29, 1.82) is 0 Å². The first kappa shape index (κ1) is 27.7. The van der Waals surface area contributed by atoms with E-state index in [2.05, 4.69) is 16.4 Å². The molecule has 3 aliphatic rings. The van der Waals surface area contributed by atoms with Gasteiger partial charge in [-0.2, -0.15) is 0 Å². The lowest BCUT2D eigenvalue weighted by atomic mass is 10.1. The second kappa shape index (κ2) is 16.5. The van der Waals surface area contributed by atoms with E-state index >= 15 is 0 Å². The number of aliphatic hydroxyl groups is 4. The Bertz CT molecular complexity index is 553. The minimum atomic E-state index is -0.559. The van der Waals surface area contributed by atoms with Crippen LogP contribution in [0.3, 0.4) is 0 Å². The maximum absolute atomic E-state index is 10.4. The van der Waals surface area contributed by atoms with Crippen LogP contribution in [0.1, 0.15) is 26.2 Å². The summed E-state index contributed by atoms with van der Waals surface area (Å²) in [5.74, 6) is -0.560. The minimum absolute atomic E-state index is 0.0307. The van der Waals surface area contributed by atoms with Crippen LogP contribution in [0.2, 0.25) is 0 Å². The van der Waals surface area contributed by atoms with Crippen molar-refractivity contribution in [2.45, 2.75) is 26.2 Å². The fraction of sp³-hybridized carbons (Fsp3) is 0.684. The zero-order chi connectivity index (χ0) is 22.9. The van der Waals surface area contributed by atoms with Gasteiger partial charge in [-0.3, -0.25) is 14.4 Å². The van der Waals surface area contributed by atoms with E-state index in [9.17, 15) is 19.2 Å². The number of hydrogen-bond acceptors (Lipinski definition) is 11. The van der Waals surface area contributed by atoms with Crippen molar-refractivity contribution in [2.24, 2.45) is 11.8 Å². The number of rotatable bonds is 5. The molecule has 0 spiro atoms. The van der Waals surface area contributed by atoms with Gasteiger partial charge in [-0.1, -0.05) is 6.92 Å². The number of hydrogen-bond donors (Lipinski definition) is 4. The maximum Gasteiger partial charge on any atom is 0.331 e. The third kappa shape index (κ3) is 13.0. The van der Waals surface area contributed by atoms with Gasteiger partial charge in [0, 0.05) is 24.5 Å². The third-order valence-electron chi connectivity index (χ3n) is 3.98. The second-order valence-corrected chi connectivity index (χ2v) is 6.52. The van der Waals surface area contributed by atoms with Crippen molar-refractivity contribution in [3.8, 4) is 0 Å². The van der Waals surface area contributed by atoms with Crippen LogP contribution in [0.15, 0.2) is 11.6 Å². The van der Waals surface area contributed by atoms with Crippen molar-refractivity contribution in [3.63, 3.8) is 0 Å². The van der Waals surface area contributed by atoms with Gasteiger partial charge in [-0.15, -0.1) is 0 Å². The van der Waals surface area contributed by atoms with Gasteiger partial charge in [0.05, 0.1) is 32.7 Å². The highest BCUT2D eigenvalue weighted by Crippen LogP contribution is 2.16. The van der Waals surface area contributed by atoms with Gasteiger partial charge in [0.25, 0.3) is 0 Å². The SMILES string of the molecule is CCC1COC(=O)C1.O=C(CO)CO.O=C1C=C(CO)CO1.O=C1CC(CO)CO1. The normalized spacial score (nSPS) is 21.5. The summed E-state index contributed by atoms with van der Waals surface area (Å²) in [6.07, 6.45) is 3.39. The van der Waals surface area contributed by atoms with Crippen LogP contribution in [0.25, 0.3) is 0 Å². The van der Waals surface area contributed by atoms with Crippen molar-refractivity contribution < 1.29 is 53.8 Å². The number of esters is 3. The largest absolute Gasteiger partial charge is 0.465 e. The molecule has 172 valence electrons. The average Bonchev–Trinajstić information content (AvgIpc) is 3.49. The first-order chi connectivity index (χ1) is 14.3. The van der Waals surface area contributed by atoms with Crippen molar-refractivity contribution in [3.05, 3.63) is 11.6 Å². The summed E-state index contributed by atoms with van der Waals surface area (Å²) < 4.78 is 13.7. The molecule has 0 radical (unpaired) electrons. The lowest BCUT2D eigenvalue weighted by Gasteiger charge is -1.95. The second-order valence-electron chi connectivity index (χ2n) is 6.52. The predicted molar refractivity (Wildman–Crippen MR) is 101 cm³/mol. The van der Waals surface area contributed by atoms with E-state index in [0.29, 0.717) is 37.5 Å². The molecule has 2 atom stereocenters. The molecule has 0 aromatic rings. The molecule has 3 rings (SSSR count). The smallest absolute Gasteiger partial charge is 0.331 e. The van der Waals surface area contributed by atoms with Gasteiger partial charge in [0.15, 0.2) is 5.78 Å². The lowest BCUT2D eigenvalue weighted by molar-refractivity contribution is -0.138. The molecule has 30 heavy (non-hydrogen) atoms. The Balaban J connectivity index is 0.000000377. The third-order valence-corrected chi connectivity index (χ3v) is 3.98. The average molecular weight is 434 g/mol. The molecule has 0 aliphatic carbocycles. The molecule has 3 heterocycles. The van der Waals surface area contributed by atoms with E-state index < -0.39 is 19.0 Å². The van der Waals surface area contributed by atoms with Gasteiger partial charge in [-0.25, -0.2) is 4.79 Å². The molecule has 0 aromatic carbocycles. The molecule has 2 unspecified atom stereocenters. The Morgan fingerprint density at radius 3 is 1.63 bits per heavy atom. The Morgan fingerprint density at radius 1 is 0.933 bits per heavy atom. The molecule has 0 bridgehead atoms. The van der Waals surface area contributed by atoms with Gasteiger partial charge in [0.2, 0.25) is 0 Å². The molecule has 2 fully saturated rings. The van der Waals surface area contributed by atoms with Crippen LogP contribution >= 0.6 is 0 Å². The van der Waals surface area contributed by atoms with E-state index in [4.69, 9.17) is 25.2 Å². The number of ether oxygens (including phenoxy) is 3. The van der Waals surface area contributed by atoms with Gasteiger partial charge in [0.1, 0.15) is 19.8 Å². The fourth-order valence-corrected chi connectivity index (χ4v) is 2.06. The highest BCUT2D eigenvalue weighted by Gasteiger charge is 2.22. The number of carbonyl (C=O) groups is 4. The summed E-state index contributed by atoms with van der Waals surface area (Å²) >= 11 is 0. The Hall–Kier alpha value is -2.34. The molecule has 11 nitrogen and oxygen atoms in total. The molecular formula is C19H30O11. The zero-order valence-corrected chi connectivity index (χ0v) is 16.9. The highest BCUT2D eigenvalue weighted by molar-refractivity contribution is 5.85. The minimum Gasteiger partial charge on any atom is -0.465 e. The van der Waals surface area contributed by atoms with Gasteiger partial charge < -0.3 is 34.6 Å². The molecule has 2 saturated heterocycles. The Kier molecular flexibility index (Phi) is 15.2. The monoisotopic (exact) mass is 434 g/mol. The molecular weight excluding hydrogens is 404 g/mol. The molecule has 0 amide bonds. The van der Waals surface area contributed by atoms with Crippen LogP contribution < -0.4 is 0 Å². The molecule has 11 heteroatoms. The quantitative estimate of drug-likeness (QED) is 0.292. The summed E-state index contributed by atoms with van der Waals surface area (Å²) in [5.41, 5.74) is 0.648. The van der Waals surface area contributed by atoms with Crippen molar-refractivity contribution in [2.75, 3.05) is 46.2 Å². The van der Waals surface area contributed by atoms with E-state index in [0.717, 1.165) is 6.42 Å². The fourth-order valence-electron chi connectivity index (χ4n) is 2.06. The topological polar surface area (TPSA) is 177 Å². The standard InChI is InChI=1S/C6H10O2.C5H8O3.C5H6O3.C3H6O3/c1-2-5-3-6(7)8-4-5;2*6-2-4-1-5(7)8-3-4;4-1-3(6)2-5/h5H,2-4H2,1H3;4,6H,1-3H2;1,6H,2-3H2;4-5H,1-2H2. The summed E-state index contributed by atoms with van der Waals surface area (Å²) in [7, 11) is 0. The van der Waals surface area contributed by atoms with Crippen LogP contribution in [0.5, 0.6) is 0 Å². The van der Waals surface area contributed by atoms with E-state index in [-0.39, 0.29) is 43.6 Å². The summed E-state index contributed by atoms with van der Waals surface area (Å²) in [6.45, 7) is 2.25. The molecule has 0 saturated carbocycles. The van der Waals surface area contributed by atoms with Crippen LogP contribution in [0, 0.1) is 11.8 Å². The first-order valence-electron chi connectivity index (χ1n) is 9.42. The van der Waals surface area contributed by atoms with Crippen LogP contribution in [-0.4, -0.2) is 90.4 Å². The number of carbonyl (C=O) groups excluding carboxylic acids is 4. The van der Waals surface area contributed by atoms with Crippen LogP contribution in [-0.2, 0) is 33.4 Å². The summed E-state index contributed by atoms with van der Waals surface area (Å²) in [5, 5.41) is 32.5. The van der Waals surface area contributed by atoms with Crippen molar-refractivity contribution in [1.82, 2.24) is 0 Å². The molecule has 4 N–H and O–H groups in total. The Morgan fingerprint density at radius 2 is 1.47 bits per heavy atom. The molecule has 0 aromatic heterocycles. The maximum atomic E-state index is 10.4. The first-order valence-corrected chi connectivity index (χ1v) is 9.42. The number of Topliss-reactive ketones (excluding diaryl/α,β-unsaturated/α-hetero) is 1. The molecule has 3 aliphatic heterocycles. The summed E-state index contributed by atoms with van der Waals surface area (Å²) in [6, 6.07) is 0. The summed E-state index contributed by atoms with van der Waals surface area (Å²) in [4.78, 5) is 40.6. The van der Waals surface area contributed by atoms with Gasteiger partial charge >= 0.3 is 17.9 Å². The van der Waals surface area contributed by atoms with Crippen LogP contribution in [0.4, 0.5) is 0 Å². The Labute approximate surface area is 174 Å². The zero-order valence-electron chi connectivity index (χ0n) is 16.9. The van der Waals surface area contributed by atoms with Gasteiger partial charge in [-0.05, 0) is 12.0 Å². The van der Waals surface area contributed by atoms with E-state index in [1.54, 1.807) is 0 Å². The van der Waals surface area contributed by atoms with Crippen molar-refractivity contribution >= 4 is 23.7 Å². The van der Waals surface area contributed by atoms with E-state index in [1.165, 1.54) is 6.08 Å².